The van der Waals surface area contributed by atoms with Gasteiger partial charge in [0.2, 0.25) is 0 Å². The van der Waals surface area contributed by atoms with Gasteiger partial charge in [-0.2, -0.15) is 0 Å². The van der Waals surface area contributed by atoms with Gasteiger partial charge in [0, 0.05) is 13.0 Å². The summed E-state index contributed by atoms with van der Waals surface area (Å²) in [7, 11) is 0. The minimum absolute atomic E-state index is 0.436. The maximum absolute atomic E-state index is 10.4. The van der Waals surface area contributed by atoms with E-state index in [-0.39, 0.29) is 0 Å². The van der Waals surface area contributed by atoms with Crippen molar-refractivity contribution in [2.45, 2.75) is 13.8 Å². The highest BCUT2D eigenvalue weighted by molar-refractivity contribution is 5.65. The highest BCUT2D eigenvalue weighted by Gasteiger charge is 1.99. The molecule has 1 rings (SSSR count). The van der Waals surface area contributed by atoms with Gasteiger partial charge in [0.25, 0.3) is 0 Å². The molecule has 1 aromatic carbocycles. The van der Waals surface area contributed by atoms with Crippen molar-refractivity contribution in [1.29, 1.82) is 0 Å². The van der Waals surface area contributed by atoms with Crippen molar-refractivity contribution in [1.82, 2.24) is 0 Å². The first-order valence-corrected chi connectivity index (χ1v) is 4.30. The van der Waals surface area contributed by atoms with Crippen LogP contribution in [0, 0.1) is 0 Å². The maximum atomic E-state index is 10.4. The standard InChI is InChI=1S/C10H12O4/c1-3-12-9-5-4-6-10(7-9)14-13-8(2)11/h4-7H,3H2,1-2H3. The molecule has 4 heteroatoms. The molecule has 0 spiro atoms. The molecule has 0 saturated heterocycles. The summed E-state index contributed by atoms with van der Waals surface area (Å²) < 4.78 is 5.23. The third kappa shape index (κ3) is 3.35. The van der Waals surface area contributed by atoms with Crippen molar-refractivity contribution in [2.24, 2.45) is 0 Å². The lowest BCUT2D eigenvalue weighted by Gasteiger charge is -2.05. The first kappa shape index (κ1) is 10.4. The largest absolute Gasteiger partial charge is 0.494 e. The zero-order chi connectivity index (χ0) is 10.4. The highest BCUT2D eigenvalue weighted by Crippen LogP contribution is 2.19. The monoisotopic (exact) mass is 196 g/mol. The van der Waals surface area contributed by atoms with Gasteiger partial charge in [0.15, 0.2) is 5.75 Å². The number of hydrogen-bond acceptors (Lipinski definition) is 4. The van der Waals surface area contributed by atoms with Crippen molar-refractivity contribution in [2.75, 3.05) is 6.61 Å². The molecule has 0 fully saturated rings. The Morgan fingerprint density at radius 1 is 1.36 bits per heavy atom. The van der Waals surface area contributed by atoms with Gasteiger partial charge in [-0.3, -0.25) is 9.78 Å². The average molecular weight is 196 g/mol. The van der Waals surface area contributed by atoms with Gasteiger partial charge < -0.3 is 4.74 Å². The van der Waals surface area contributed by atoms with Crippen LogP contribution in [0.3, 0.4) is 0 Å². The smallest absolute Gasteiger partial charge is 0.352 e. The normalized spacial score (nSPS) is 9.29. The molecule has 0 atom stereocenters. The summed E-state index contributed by atoms with van der Waals surface area (Å²) in [6, 6.07) is 6.87. The van der Waals surface area contributed by atoms with E-state index >= 15 is 0 Å². The molecule has 0 aliphatic rings. The first-order chi connectivity index (χ1) is 6.72. The van der Waals surface area contributed by atoms with Crippen LogP contribution in [0.4, 0.5) is 0 Å². The molecule has 0 saturated carbocycles. The van der Waals surface area contributed by atoms with E-state index in [1.807, 2.05) is 6.92 Å². The fourth-order valence-electron chi connectivity index (χ4n) is 0.889. The molecule has 1 aromatic rings. The predicted molar refractivity (Wildman–Crippen MR) is 50.0 cm³/mol. The van der Waals surface area contributed by atoms with E-state index in [9.17, 15) is 4.79 Å². The van der Waals surface area contributed by atoms with Gasteiger partial charge in [0.1, 0.15) is 5.75 Å². The van der Waals surface area contributed by atoms with Gasteiger partial charge in [-0.05, 0) is 19.1 Å². The fraction of sp³-hybridized carbons (Fsp3) is 0.300. The van der Waals surface area contributed by atoms with Crippen LogP contribution < -0.4 is 9.62 Å². The van der Waals surface area contributed by atoms with Gasteiger partial charge in [-0.1, -0.05) is 6.07 Å². The van der Waals surface area contributed by atoms with Crippen LogP contribution in [-0.2, 0) is 9.68 Å². The van der Waals surface area contributed by atoms with E-state index in [4.69, 9.17) is 9.62 Å². The Kier molecular flexibility index (Phi) is 3.79. The number of benzene rings is 1. The van der Waals surface area contributed by atoms with E-state index in [0.29, 0.717) is 18.1 Å². The second-order valence-corrected chi connectivity index (χ2v) is 2.57. The van der Waals surface area contributed by atoms with E-state index in [2.05, 4.69) is 4.89 Å². The summed E-state index contributed by atoms with van der Waals surface area (Å²) >= 11 is 0. The van der Waals surface area contributed by atoms with Gasteiger partial charge >= 0.3 is 5.97 Å². The Labute approximate surface area is 82.3 Å². The summed E-state index contributed by atoms with van der Waals surface area (Å²) in [6.45, 7) is 3.74. The van der Waals surface area contributed by atoms with Crippen LogP contribution in [0.2, 0.25) is 0 Å². The lowest BCUT2D eigenvalue weighted by Crippen LogP contribution is -2.02. The summed E-state index contributed by atoms with van der Waals surface area (Å²) in [5, 5.41) is 0. The quantitative estimate of drug-likeness (QED) is 0.545. The lowest BCUT2D eigenvalue weighted by molar-refractivity contribution is -0.210. The minimum Gasteiger partial charge on any atom is -0.494 e. The second-order valence-electron chi connectivity index (χ2n) is 2.57. The van der Waals surface area contributed by atoms with Crippen LogP contribution in [0.25, 0.3) is 0 Å². The van der Waals surface area contributed by atoms with Crippen molar-refractivity contribution >= 4 is 5.97 Å². The second kappa shape index (κ2) is 5.11. The van der Waals surface area contributed by atoms with E-state index < -0.39 is 5.97 Å². The number of carbonyl (C=O) groups excluding carboxylic acids is 1. The molecule has 0 unspecified atom stereocenters. The van der Waals surface area contributed by atoms with Crippen molar-refractivity contribution in [3.8, 4) is 11.5 Å². The molecule has 0 N–H and O–H groups in total. The van der Waals surface area contributed by atoms with Crippen LogP contribution in [0.5, 0.6) is 11.5 Å². The van der Waals surface area contributed by atoms with E-state index in [0.717, 1.165) is 0 Å². The average Bonchev–Trinajstić information content (AvgIpc) is 2.16. The van der Waals surface area contributed by atoms with E-state index in [1.54, 1.807) is 24.3 Å². The molecule has 0 bridgehead atoms. The number of carbonyl (C=O) groups is 1. The van der Waals surface area contributed by atoms with Crippen LogP contribution in [0.1, 0.15) is 13.8 Å². The molecule has 14 heavy (non-hydrogen) atoms. The molecular formula is C10H12O4. The van der Waals surface area contributed by atoms with Crippen molar-refractivity contribution in [3.63, 3.8) is 0 Å². The van der Waals surface area contributed by atoms with Crippen LogP contribution in [0.15, 0.2) is 24.3 Å². The molecule has 76 valence electrons. The van der Waals surface area contributed by atoms with Gasteiger partial charge in [-0.25, -0.2) is 4.79 Å². The summed E-state index contributed by atoms with van der Waals surface area (Å²) in [6.07, 6.45) is 0. The molecule has 4 nitrogen and oxygen atoms in total. The maximum Gasteiger partial charge on any atom is 0.352 e. The Morgan fingerprint density at radius 2 is 2.07 bits per heavy atom. The van der Waals surface area contributed by atoms with Gasteiger partial charge in [0.05, 0.1) is 6.61 Å². The molecule has 0 aromatic heterocycles. The lowest BCUT2D eigenvalue weighted by atomic mass is 10.3. The summed E-state index contributed by atoms with van der Waals surface area (Å²) in [5.41, 5.74) is 0. The highest BCUT2D eigenvalue weighted by atomic mass is 17.2. The molecule has 0 amide bonds. The molecule has 0 heterocycles. The van der Waals surface area contributed by atoms with Crippen molar-refractivity contribution < 1.29 is 19.3 Å². The Morgan fingerprint density at radius 3 is 2.71 bits per heavy atom. The molecule has 0 aliphatic carbocycles. The minimum atomic E-state index is -0.494. The van der Waals surface area contributed by atoms with Gasteiger partial charge in [-0.15, -0.1) is 0 Å². The number of hydrogen-bond donors (Lipinski definition) is 0. The topological polar surface area (TPSA) is 44.8 Å². The van der Waals surface area contributed by atoms with Crippen LogP contribution >= 0.6 is 0 Å². The van der Waals surface area contributed by atoms with E-state index in [1.165, 1.54) is 6.92 Å². The number of ether oxygens (including phenoxy) is 1. The third-order valence-corrected chi connectivity index (χ3v) is 1.37. The van der Waals surface area contributed by atoms with Crippen LogP contribution in [-0.4, -0.2) is 12.6 Å². The number of rotatable bonds is 4. The fourth-order valence-corrected chi connectivity index (χ4v) is 0.889. The van der Waals surface area contributed by atoms with Crippen molar-refractivity contribution in [3.05, 3.63) is 24.3 Å². The molecular weight excluding hydrogens is 184 g/mol. The Balaban J connectivity index is 2.58. The predicted octanol–water partition coefficient (Wildman–Crippen LogP) is 1.94. The SMILES string of the molecule is CCOc1cccc(OOC(C)=O)c1. The summed E-state index contributed by atoms with van der Waals surface area (Å²) in [4.78, 5) is 19.5. The molecule has 0 aliphatic heterocycles. The zero-order valence-corrected chi connectivity index (χ0v) is 8.15. The third-order valence-electron chi connectivity index (χ3n) is 1.37. The Bertz CT molecular complexity index is 309. The molecule has 0 radical (unpaired) electrons. The zero-order valence-electron chi connectivity index (χ0n) is 8.15. The first-order valence-electron chi connectivity index (χ1n) is 4.30. The summed E-state index contributed by atoms with van der Waals surface area (Å²) in [5.74, 6) is 0.620. The Hall–Kier alpha value is -1.71.